The summed E-state index contributed by atoms with van der Waals surface area (Å²) in [5.74, 6) is -2.30. The summed E-state index contributed by atoms with van der Waals surface area (Å²) < 4.78 is 108. The van der Waals surface area contributed by atoms with E-state index in [1.54, 1.807) is 0 Å². The molecule has 0 bridgehead atoms. The van der Waals surface area contributed by atoms with Crippen molar-refractivity contribution in [3.8, 4) is 0 Å². The molecule has 1 aliphatic rings. The monoisotopic (exact) mass is 886 g/mol. The van der Waals surface area contributed by atoms with Crippen LogP contribution >= 0.6 is 23.2 Å². The number of rotatable bonds is 8. The van der Waals surface area contributed by atoms with Gasteiger partial charge in [-0.05, 0) is 77.8 Å². The van der Waals surface area contributed by atoms with E-state index in [2.05, 4.69) is 35.5 Å². The second-order valence-corrected chi connectivity index (χ2v) is 15.4. The number of aromatic amines is 1. The average molecular weight is 888 g/mol. The third-order valence-corrected chi connectivity index (χ3v) is 10.3. The van der Waals surface area contributed by atoms with Crippen molar-refractivity contribution >= 4 is 99.2 Å². The number of anilines is 3. The Labute approximate surface area is 392 Å². The van der Waals surface area contributed by atoms with Gasteiger partial charge in [-0.15, -0.1) is 5.11 Å². The molecule has 0 saturated carbocycles. The van der Waals surface area contributed by atoms with Gasteiger partial charge in [-0.2, -0.15) is 15.1 Å². The maximum absolute atomic E-state index is 13.7. The minimum Gasteiger partial charge on any atom is -0.744 e. The number of carbonyl (C=O) groups excluding carboxylic acids is 2. The zero-order chi connectivity index (χ0) is 38.6. The Hall–Kier alpha value is -2.46. The van der Waals surface area contributed by atoms with Gasteiger partial charge in [-0.3, -0.25) is 14.6 Å². The Balaban J connectivity index is 0.00000280. The Morgan fingerprint density at radius 2 is 1.29 bits per heavy atom. The first-order chi connectivity index (χ1) is 24.7. The fourth-order valence-electron chi connectivity index (χ4n) is 5.12. The number of halogens is 2. The molecular weight excluding hydrogens is 872 g/mol. The molecule has 0 saturated heterocycles. The maximum atomic E-state index is 13.7. The summed E-state index contributed by atoms with van der Waals surface area (Å²) in [7, 11) is -15.8. The van der Waals surface area contributed by atoms with E-state index >= 15 is 0 Å². The van der Waals surface area contributed by atoms with Crippen LogP contribution in [0, 0.1) is 0 Å². The molecule has 19 nitrogen and oxygen atoms in total. The summed E-state index contributed by atoms with van der Waals surface area (Å²) in [6, 6.07) is 12.3. The number of ketones is 2. The zero-order valence-corrected chi connectivity index (χ0v) is 38.6. The van der Waals surface area contributed by atoms with Crippen molar-refractivity contribution in [3.05, 3.63) is 105 Å². The first-order valence-electron chi connectivity index (χ1n) is 14.1. The summed E-state index contributed by atoms with van der Waals surface area (Å²) in [6.07, 6.45) is 0. The van der Waals surface area contributed by atoms with Crippen LogP contribution in [0.4, 0.5) is 34.1 Å². The van der Waals surface area contributed by atoms with Crippen molar-refractivity contribution in [2.75, 3.05) is 11.1 Å². The molecule has 4 aromatic carbocycles. The van der Waals surface area contributed by atoms with Gasteiger partial charge < -0.3 is 24.7 Å². The van der Waals surface area contributed by atoms with Crippen LogP contribution in [-0.4, -0.2) is 65.4 Å². The minimum atomic E-state index is -5.39. The van der Waals surface area contributed by atoms with Crippen molar-refractivity contribution in [2.45, 2.75) is 14.7 Å². The van der Waals surface area contributed by atoms with Crippen LogP contribution in [0.3, 0.4) is 0 Å². The van der Waals surface area contributed by atoms with Crippen molar-refractivity contribution in [3.63, 3.8) is 0 Å². The molecule has 1 aromatic heterocycles. The number of nitrogens with one attached hydrogen (secondary N) is 2. The molecule has 56 heavy (non-hydrogen) atoms. The van der Waals surface area contributed by atoms with Crippen molar-refractivity contribution in [1.82, 2.24) is 15.0 Å². The van der Waals surface area contributed by atoms with Crippen LogP contribution in [0.5, 0.6) is 0 Å². The fraction of sp³-hybridized carbons (Fsp3) is 0. The molecule has 272 valence electrons. The third kappa shape index (κ3) is 10.2. The van der Waals surface area contributed by atoms with E-state index in [0.29, 0.717) is 0 Å². The summed E-state index contributed by atoms with van der Waals surface area (Å²) in [5.41, 5.74) is 1.59. The number of benzene rings is 4. The van der Waals surface area contributed by atoms with Gasteiger partial charge in [0.2, 0.25) is 16.2 Å². The summed E-state index contributed by atoms with van der Waals surface area (Å²) in [4.78, 5) is 38.3. The number of nitrogens with zero attached hydrogens (tertiary/aromatic N) is 5. The first-order valence-corrected chi connectivity index (χ1v) is 19.0. The molecule has 0 radical (unpaired) electrons. The average Bonchev–Trinajstić information content (AvgIpc) is 3.05. The molecule has 1 aliphatic carbocycles. The quantitative estimate of drug-likeness (QED) is 0.0556. The number of hydrogen-bond acceptors (Lipinski definition) is 18. The van der Waals surface area contributed by atoms with Gasteiger partial charge in [0, 0.05) is 11.3 Å². The Kier molecular flexibility index (Phi) is 15.6. The molecular formula is C29H15Cl2N8Na3O11S3. The van der Waals surface area contributed by atoms with Gasteiger partial charge in [0.15, 0.2) is 11.6 Å². The number of H-pyrrole nitrogens is 1. The van der Waals surface area contributed by atoms with Crippen LogP contribution in [0.2, 0.25) is 10.6 Å². The molecule has 0 spiro atoms. The normalized spacial score (nSPS) is 12.9. The molecule has 1 heterocycles. The van der Waals surface area contributed by atoms with Crippen LogP contribution in [-0.2, 0) is 30.4 Å². The maximum Gasteiger partial charge on any atom is 1.00 e. The summed E-state index contributed by atoms with van der Waals surface area (Å²) in [5, 5.41) is 10.1. The number of nitrogens with two attached hydrogens (primary N) is 1. The van der Waals surface area contributed by atoms with Gasteiger partial charge in [-0.1, -0.05) is 12.1 Å². The van der Waals surface area contributed by atoms with Gasteiger partial charge in [0.05, 0.1) is 54.1 Å². The first kappa shape index (κ1) is 47.9. The van der Waals surface area contributed by atoms with Crippen molar-refractivity contribution in [2.24, 2.45) is 15.2 Å². The van der Waals surface area contributed by atoms with E-state index in [1.807, 2.05) is 0 Å². The largest absolute Gasteiger partial charge is 1.00 e. The molecule has 4 N–H and O–H groups in total. The molecule has 6 rings (SSSR count). The van der Waals surface area contributed by atoms with Crippen LogP contribution < -0.4 is 105 Å². The number of nitrogen functional groups attached to an aromatic ring is 1. The molecule has 0 atom stereocenters. The van der Waals surface area contributed by atoms with Gasteiger partial charge in [0.25, 0.3) is 0 Å². The Bertz CT molecular complexity index is 2860. The van der Waals surface area contributed by atoms with E-state index in [9.17, 15) is 48.5 Å². The molecule has 0 unspecified atom stereocenters. The summed E-state index contributed by atoms with van der Waals surface area (Å²) >= 11 is 11.5. The topological polar surface area (TPSA) is 322 Å². The van der Waals surface area contributed by atoms with E-state index in [4.69, 9.17) is 28.9 Å². The number of azo groups is 1. The molecule has 0 amide bonds. The number of hydrogen-bond donors (Lipinski definition) is 3. The zero-order valence-electron chi connectivity index (χ0n) is 28.6. The second-order valence-electron chi connectivity index (χ2n) is 10.7. The van der Waals surface area contributed by atoms with E-state index in [-0.39, 0.29) is 128 Å². The molecule has 27 heteroatoms. The van der Waals surface area contributed by atoms with Crippen LogP contribution in [0.1, 0.15) is 31.8 Å². The SMILES string of the molecule is Nc1c(S(=O)(=O)[O-])cc(Nc2ccc(N=Nc3ccc(N=c4nc(Cl)nc(Cl)[nH]4)cc3S(=O)(=O)[O-])cc2)c2c1C(=O)c1c(cccc1S(=O)(=O)[O-])C2=O.[Na+].[Na+].[Na+]. The molecule has 0 aliphatic heterocycles. The van der Waals surface area contributed by atoms with E-state index < -0.39 is 90.2 Å². The Morgan fingerprint density at radius 1 is 0.679 bits per heavy atom. The number of fused-ring (bicyclic) bond motifs is 2. The van der Waals surface area contributed by atoms with Crippen LogP contribution in [0.25, 0.3) is 0 Å². The standard InChI is InChI=1S/C29H18Cl2N8O11S3.3Na/c30-27-35-28(31)37-29(36-27)34-14-8-9-16(19(10-14)52(45,46)47)39-38-13-6-4-12(5-7-13)33-17-11-20(53(48,49)50)24(32)23-22(17)25(40)15-2-1-3-18(51(42,43)44)21(15)26(23)41;;;/h1-11,33H,32H2,(H,42,43,44)(H,45,46,47)(H,48,49,50)(H,34,35,36,37);;;/q;3*+1/p-3. The molecule has 0 fully saturated rings. The number of carbonyl (C=O) groups is 2. The van der Waals surface area contributed by atoms with E-state index in [1.165, 1.54) is 30.3 Å². The van der Waals surface area contributed by atoms with Gasteiger partial charge >= 0.3 is 88.7 Å². The van der Waals surface area contributed by atoms with Crippen LogP contribution in [0.15, 0.2) is 96.6 Å². The predicted molar refractivity (Wildman–Crippen MR) is 180 cm³/mol. The molecule has 5 aromatic rings. The second kappa shape index (κ2) is 18.2. The summed E-state index contributed by atoms with van der Waals surface area (Å²) in [6.45, 7) is 0. The van der Waals surface area contributed by atoms with Gasteiger partial charge in [-0.25, -0.2) is 30.2 Å². The van der Waals surface area contributed by atoms with Crippen molar-refractivity contribution in [1.29, 1.82) is 0 Å². The number of aromatic nitrogens is 3. The van der Waals surface area contributed by atoms with Crippen molar-refractivity contribution < 1.29 is 137 Å². The minimum absolute atomic E-state index is 0. The fourth-order valence-corrected chi connectivity index (χ4v) is 7.46. The predicted octanol–water partition coefficient (Wildman–Crippen LogP) is -5.42. The third-order valence-electron chi connectivity index (χ3n) is 7.29. The smallest absolute Gasteiger partial charge is 0.744 e. The van der Waals surface area contributed by atoms with Gasteiger partial charge in [0.1, 0.15) is 36.0 Å². The van der Waals surface area contributed by atoms with E-state index in [0.717, 1.165) is 36.4 Å². The Morgan fingerprint density at radius 3 is 1.88 bits per heavy atom.